The third-order valence-corrected chi connectivity index (χ3v) is 4.06. The van der Waals surface area contributed by atoms with E-state index in [-0.39, 0.29) is 11.5 Å². The van der Waals surface area contributed by atoms with E-state index >= 15 is 0 Å². The van der Waals surface area contributed by atoms with Gasteiger partial charge in [0, 0.05) is 39.3 Å². The lowest BCUT2D eigenvalue weighted by Gasteiger charge is -2.33. The van der Waals surface area contributed by atoms with E-state index in [2.05, 4.69) is 48.5 Å². The minimum atomic E-state index is -0.205. The fourth-order valence-corrected chi connectivity index (χ4v) is 3.04. The van der Waals surface area contributed by atoms with Crippen molar-refractivity contribution in [1.82, 2.24) is 20.4 Å². The third kappa shape index (κ3) is 7.38. The minimum Gasteiger partial charge on any atom is -0.450 e. The second-order valence-corrected chi connectivity index (χ2v) is 7.43. The highest BCUT2D eigenvalue weighted by Gasteiger charge is 2.25. The summed E-state index contributed by atoms with van der Waals surface area (Å²) in [6.07, 6.45) is 1.60. The molecule has 24 heavy (non-hydrogen) atoms. The molecule has 1 aliphatic rings. The van der Waals surface area contributed by atoms with E-state index in [4.69, 9.17) is 4.74 Å². The van der Waals surface area contributed by atoms with Crippen LogP contribution in [0.5, 0.6) is 0 Å². The molecule has 0 radical (unpaired) electrons. The van der Waals surface area contributed by atoms with Crippen molar-refractivity contribution in [3.63, 3.8) is 0 Å². The van der Waals surface area contributed by atoms with E-state index in [1.165, 1.54) is 0 Å². The summed E-state index contributed by atoms with van der Waals surface area (Å²) >= 11 is 0. The lowest BCUT2D eigenvalue weighted by molar-refractivity contribution is 0.0963. The van der Waals surface area contributed by atoms with Gasteiger partial charge < -0.3 is 25.2 Å². The van der Waals surface area contributed by atoms with Crippen LogP contribution in [-0.4, -0.2) is 81.8 Å². The molecule has 7 heteroatoms. The Morgan fingerprint density at radius 3 is 2.46 bits per heavy atom. The van der Waals surface area contributed by atoms with Gasteiger partial charge >= 0.3 is 6.09 Å². The molecule has 0 aromatic heterocycles. The summed E-state index contributed by atoms with van der Waals surface area (Å²) in [4.78, 5) is 20.0. The predicted octanol–water partition coefficient (Wildman–Crippen LogP) is 1.36. The largest absolute Gasteiger partial charge is 0.450 e. The molecule has 1 saturated heterocycles. The Morgan fingerprint density at radius 1 is 1.33 bits per heavy atom. The van der Waals surface area contributed by atoms with Gasteiger partial charge in [-0.25, -0.2) is 4.79 Å². The summed E-state index contributed by atoms with van der Waals surface area (Å²) < 4.78 is 5.05. The Hall–Kier alpha value is -1.50. The number of ether oxygens (including phenoxy) is 1. The molecule has 0 aromatic rings. The summed E-state index contributed by atoms with van der Waals surface area (Å²) in [7, 11) is 5.97. The Bertz CT molecular complexity index is 415. The van der Waals surface area contributed by atoms with Gasteiger partial charge in [0.25, 0.3) is 0 Å². The smallest absolute Gasteiger partial charge is 0.409 e. The maximum absolute atomic E-state index is 11.7. The van der Waals surface area contributed by atoms with E-state index < -0.39 is 0 Å². The van der Waals surface area contributed by atoms with Gasteiger partial charge in [0.1, 0.15) is 0 Å². The average molecular weight is 342 g/mol. The van der Waals surface area contributed by atoms with Crippen molar-refractivity contribution < 1.29 is 9.53 Å². The van der Waals surface area contributed by atoms with Crippen molar-refractivity contribution in [2.75, 3.05) is 53.9 Å². The van der Waals surface area contributed by atoms with Crippen molar-refractivity contribution in [3.8, 4) is 0 Å². The first-order chi connectivity index (χ1) is 11.3. The number of nitrogens with one attached hydrogen (secondary N) is 2. The minimum absolute atomic E-state index is 0.161. The molecular weight excluding hydrogens is 306 g/mol. The number of hydrogen-bond acceptors (Lipinski definition) is 4. The van der Waals surface area contributed by atoms with E-state index in [0.29, 0.717) is 12.6 Å². The highest BCUT2D eigenvalue weighted by Crippen LogP contribution is 2.14. The van der Waals surface area contributed by atoms with Gasteiger partial charge in [-0.05, 0) is 39.3 Å². The molecule has 0 atom stereocenters. The number of amides is 1. The summed E-state index contributed by atoms with van der Waals surface area (Å²) in [6.45, 7) is 10.0. The Kier molecular flexibility index (Phi) is 8.31. The van der Waals surface area contributed by atoms with Gasteiger partial charge in [-0.1, -0.05) is 13.8 Å². The van der Waals surface area contributed by atoms with Crippen LogP contribution >= 0.6 is 0 Å². The average Bonchev–Trinajstić information content (AvgIpc) is 2.51. The summed E-state index contributed by atoms with van der Waals surface area (Å²) in [6, 6.07) is 0.332. The van der Waals surface area contributed by atoms with Crippen molar-refractivity contribution in [2.45, 2.75) is 39.7 Å². The number of piperidine rings is 1. The molecule has 0 aliphatic carbocycles. The lowest BCUT2D eigenvalue weighted by Crippen LogP contribution is -2.51. The van der Waals surface area contributed by atoms with Crippen LogP contribution in [-0.2, 0) is 4.74 Å². The van der Waals surface area contributed by atoms with Crippen LogP contribution in [0.4, 0.5) is 4.79 Å². The number of carbonyl (C=O) groups is 1. The van der Waals surface area contributed by atoms with Crippen molar-refractivity contribution in [2.24, 2.45) is 10.4 Å². The number of likely N-dealkylation sites (tertiary alicyclic amines) is 1. The highest BCUT2D eigenvalue weighted by atomic mass is 16.6. The van der Waals surface area contributed by atoms with Crippen LogP contribution in [0.1, 0.15) is 33.6 Å². The first-order valence-electron chi connectivity index (χ1n) is 8.81. The third-order valence-electron chi connectivity index (χ3n) is 4.06. The van der Waals surface area contributed by atoms with E-state index in [1.54, 1.807) is 11.9 Å². The second-order valence-electron chi connectivity index (χ2n) is 7.43. The Morgan fingerprint density at radius 2 is 1.96 bits per heavy atom. The van der Waals surface area contributed by atoms with Gasteiger partial charge in [-0.2, -0.15) is 0 Å². The molecule has 1 rings (SSSR count). The molecule has 140 valence electrons. The number of carbonyl (C=O) groups excluding carboxylic acids is 1. The van der Waals surface area contributed by atoms with E-state index in [0.717, 1.165) is 45.0 Å². The highest BCUT2D eigenvalue weighted by molar-refractivity contribution is 5.80. The Labute approximate surface area is 146 Å². The van der Waals surface area contributed by atoms with Crippen molar-refractivity contribution in [1.29, 1.82) is 0 Å². The van der Waals surface area contributed by atoms with Crippen LogP contribution in [0.3, 0.4) is 0 Å². The van der Waals surface area contributed by atoms with E-state index in [9.17, 15) is 4.79 Å². The molecule has 0 spiro atoms. The Balaban J connectivity index is 2.38. The van der Waals surface area contributed by atoms with Crippen LogP contribution in [0.25, 0.3) is 0 Å². The molecule has 1 fully saturated rings. The van der Waals surface area contributed by atoms with Gasteiger partial charge in [0.15, 0.2) is 5.96 Å². The molecule has 2 N–H and O–H groups in total. The fraction of sp³-hybridized carbons (Fsp3) is 0.882. The molecule has 0 aromatic carbocycles. The fourth-order valence-electron chi connectivity index (χ4n) is 3.04. The number of rotatable bonds is 6. The quantitative estimate of drug-likeness (QED) is 0.564. The molecule has 1 heterocycles. The zero-order chi connectivity index (χ0) is 18.2. The molecule has 0 unspecified atom stereocenters. The van der Waals surface area contributed by atoms with Crippen molar-refractivity contribution >= 4 is 12.1 Å². The standard InChI is InChI=1S/C17H35N5O2/c1-7-24-16(23)22-10-8-14(9-11-22)20-15(18-4)19-12-17(2,3)13-21(5)6/h14H,7-13H2,1-6H3,(H2,18,19,20). The van der Waals surface area contributed by atoms with Gasteiger partial charge in [-0.3, -0.25) is 4.99 Å². The monoisotopic (exact) mass is 341 g/mol. The molecule has 0 bridgehead atoms. The van der Waals surface area contributed by atoms with Gasteiger partial charge in [-0.15, -0.1) is 0 Å². The zero-order valence-corrected chi connectivity index (χ0v) is 16.2. The van der Waals surface area contributed by atoms with Crippen molar-refractivity contribution in [3.05, 3.63) is 0 Å². The van der Waals surface area contributed by atoms with Gasteiger partial charge in [0.05, 0.1) is 6.61 Å². The number of aliphatic imine (C=N–C) groups is 1. The zero-order valence-electron chi connectivity index (χ0n) is 16.2. The maximum atomic E-state index is 11.7. The number of nitrogens with zero attached hydrogens (tertiary/aromatic N) is 3. The second kappa shape index (κ2) is 9.71. The normalized spacial score (nSPS) is 17.1. The molecule has 1 aliphatic heterocycles. The van der Waals surface area contributed by atoms with Crippen LogP contribution in [0, 0.1) is 5.41 Å². The molecule has 7 nitrogen and oxygen atoms in total. The number of hydrogen-bond donors (Lipinski definition) is 2. The first-order valence-corrected chi connectivity index (χ1v) is 8.81. The first kappa shape index (κ1) is 20.5. The summed E-state index contributed by atoms with van der Waals surface area (Å²) in [5.74, 6) is 0.830. The predicted molar refractivity (Wildman–Crippen MR) is 98.4 cm³/mol. The topological polar surface area (TPSA) is 69.2 Å². The lowest BCUT2D eigenvalue weighted by atomic mass is 9.93. The van der Waals surface area contributed by atoms with E-state index in [1.807, 2.05) is 6.92 Å². The maximum Gasteiger partial charge on any atom is 0.409 e. The summed E-state index contributed by atoms with van der Waals surface area (Å²) in [5.41, 5.74) is 0.161. The van der Waals surface area contributed by atoms with Gasteiger partial charge in [0.2, 0.25) is 0 Å². The summed E-state index contributed by atoms with van der Waals surface area (Å²) in [5, 5.41) is 6.89. The van der Waals surface area contributed by atoms with Crippen LogP contribution < -0.4 is 10.6 Å². The molecule has 1 amide bonds. The number of guanidine groups is 1. The SMILES string of the molecule is CCOC(=O)N1CCC(NC(=NC)NCC(C)(C)CN(C)C)CC1. The van der Waals surface area contributed by atoms with Crippen LogP contribution in [0.15, 0.2) is 4.99 Å². The van der Waals surface area contributed by atoms with Crippen LogP contribution in [0.2, 0.25) is 0 Å². The molecule has 0 saturated carbocycles. The molecular formula is C17H35N5O2.